The van der Waals surface area contributed by atoms with E-state index in [1.165, 1.54) is 5.56 Å². The molecule has 0 bridgehead atoms. The minimum atomic E-state index is 0.0281. The van der Waals surface area contributed by atoms with Crippen LogP contribution in [0.4, 0.5) is 0 Å². The minimum absolute atomic E-state index is 0.0281. The van der Waals surface area contributed by atoms with E-state index in [0.29, 0.717) is 19.5 Å². The van der Waals surface area contributed by atoms with Crippen LogP contribution in [0, 0.1) is 20.8 Å². The molecule has 3 aromatic rings. The second-order valence-electron chi connectivity index (χ2n) is 6.38. The van der Waals surface area contributed by atoms with Crippen molar-refractivity contribution in [2.75, 3.05) is 6.54 Å². The first-order valence-electron chi connectivity index (χ1n) is 8.73. The molecule has 0 atom stereocenters. The van der Waals surface area contributed by atoms with Crippen LogP contribution in [-0.4, -0.2) is 32.2 Å². The van der Waals surface area contributed by atoms with Gasteiger partial charge in [0.2, 0.25) is 5.91 Å². The normalized spacial score (nSPS) is 11.2. The lowest BCUT2D eigenvalue weighted by Crippen LogP contribution is -2.29. The molecule has 0 aliphatic heterocycles. The standard InChI is InChI=1S/C19H25N5O/c1-5-15-7-6-8-16-17(12(2)21-19(15)16)11-18(25)20-9-10-24-14(4)22-13(3)23-24/h6-8,21H,5,9-11H2,1-4H3,(H,20,25). The largest absolute Gasteiger partial charge is 0.358 e. The predicted molar refractivity (Wildman–Crippen MR) is 98.6 cm³/mol. The number of amides is 1. The molecule has 2 heterocycles. The molecular formula is C19H25N5O. The van der Waals surface area contributed by atoms with Crippen LogP contribution in [-0.2, 0) is 24.2 Å². The lowest BCUT2D eigenvalue weighted by Gasteiger charge is -2.07. The summed E-state index contributed by atoms with van der Waals surface area (Å²) in [5.41, 5.74) is 4.58. The van der Waals surface area contributed by atoms with Gasteiger partial charge in [-0.15, -0.1) is 0 Å². The monoisotopic (exact) mass is 339 g/mol. The Morgan fingerprint density at radius 1 is 1.28 bits per heavy atom. The number of aryl methyl sites for hydroxylation is 4. The van der Waals surface area contributed by atoms with Gasteiger partial charge in [-0.1, -0.05) is 25.1 Å². The van der Waals surface area contributed by atoms with E-state index in [4.69, 9.17) is 0 Å². The minimum Gasteiger partial charge on any atom is -0.358 e. The number of hydrogen-bond acceptors (Lipinski definition) is 3. The molecule has 1 amide bonds. The van der Waals surface area contributed by atoms with E-state index >= 15 is 0 Å². The van der Waals surface area contributed by atoms with Gasteiger partial charge in [0.25, 0.3) is 0 Å². The van der Waals surface area contributed by atoms with Gasteiger partial charge in [0.1, 0.15) is 11.6 Å². The number of carbonyl (C=O) groups is 1. The Morgan fingerprint density at radius 2 is 2.08 bits per heavy atom. The topological polar surface area (TPSA) is 75.6 Å². The number of aromatic amines is 1. The van der Waals surface area contributed by atoms with Gasteiger partial charge < -0.3 is 10.3 Å². The van der Waals surface area contributed by atoms with Gasteiger partial charge in [-0.3, -0.25) is 4.79 Å². The number of nitrogens with zero attached hydrogens (tertiary/aromatic N) is 3. The number of aromatic nitrogens is 4. The number of hydrogen-bond donors (Lipinski definition) is 2. The van der Waals surface area contributed by atoms with E-state index in [1.54, 1.807) is 0 Å². The fraction of sp³-hybridized carbons (Fsp3) is 0.421. The maximum atomic E-state index is 12.4. The molecule has 0 aliphatic rings. The first-order chi connectivity index (χ1) is 12.0. The molecule has 0 saturated heterocycles. The van der Waals surface area contributed by atoms with Crippen LogP contribution in [0.5, 0.6) is 0 Å². The fourth-order valence-corrected chi connectivity index (χ4v) is 3.28. The number of H-pyrrole nitrogens is 1. The number of benzene rings is 1. The Labute approximate surface area is 147 Å². The van der Waals surface area contributed by atoms with E-state index in [0.717, 1.165) is 40.2 Å². The highest BCUT2D eigenvalue weighted by Gasteiger charge is 2.14. The van der Waals surface area contributed by atoms with Crippen molar-refractivity contribution in [3.05, 3.63) is 46.7 Å². The van der Waals surface area contributed by atoms with Gasteiger partial charge in [-0.25, -0.2) is 9.67 Å². The van der Waals surface area contributed by atoms with E-state index in [1.807, 2.05) is 25.5 Å². The summed E-state index contributed by atoms with van der Waals surface area (Å²) < 4.78 is 1.82. The Morgan fingerprint density at radius 3 is 2.76 bits per heavy atom. The zero-order chi connectivity index (χ0) is 18.0. The summed E-state index contributed by atoms with van der Waals surface area (Å²) in [6, 6.07) is 6.28. The van der Waals surface area contributed by atoms with Crippen molar-refractivity contribution in [2.24, 2.45) is 0 Å². The van der Waals surface area contributed by atoms with Crippen molar-refractivity contribution < 1.29 is 4.79 Å². The summed E-state index contributed by atoms with van der Waals surface area (Å²) in [5.74, 6) is 1.65. The Balaban J connectivity index is 1.66. The summed E-state index contributed by atoms with van der Waals surface area (Å²) in [6.07, 6.45) is 1.36. The van der Waals surface area contributed by atoms with Crippen LogP contribution in [0.1, 0.15) is 35.4 Å². The van der Waals surface area contributed by atoms with Crippen molar-refractivity contribution in [3.8, 4) is 0 Å². The molecule has 0 fully saturated rings. The van der Waals surface area contributed by atoms with Crippen molar-refractivity contribution in [3.63, 3.8) is 0 Å². The van der Waals surface area contributed by atoms with Crippen LogP contribution in [0.2, 0.25) is 0 Å². The molecule has 6 nitrogen and oxygen atoms in total. The van der Waals surface area contributed by atoms with Crippen LogP contribution in [0.3, 0.4) is 0 Å². The van der Waals surface area contributed by atoms with Gasteiger partial charge in [0, 0.05) is 23.1 Å². The van der Waals surface area contributed by atoms with Crippen molar-refractivity contribution >= 4 is 16.8 Å². The molecule has 1 aromatic carbocycles. The van der Waals surface area contributed by atoms with Crippen LogP contribution in [0.25, 0.3) is 10.9 Å². The Kier molecular flexibility index (Phi) is 4.88. The molecule has 25 heavy (non-hydrogen) atoms. The third kappa shape index (κ3) is 3.57. The molecule has 0 aliphatic carbocycles. The molecule has 0 spiro atoms. The molecule has 0 unspecified atom stereocenters. The van der Waals surface area contributed by atoms with E-state index < -0.39 is 0 Å². The first-order valence-corrected chi connectivity index (χ1v) is 8.73. The summed E-state index contributed by atoms with van der Waals surface area (Å²) in [7, 11) is 0. The lowest BCUT2D eigenvalue weighted by molar-refractivity contribution is -0.120. The fourth-order valence-electron chi connectivity index (χ4n) is 3.28. The van der Waals surface area contributed by atoms with Gasteiger partial charge >= 0.3 is 0 Å². The molecular weight excluding hydrogens is 314 g/mol. The zero-order valence-electron chi connectivity index (χ0n) is 15.3. The first kappa shape index (κ1) is 17.2. The predicted octanol–water partition coefficient (Wildman–Crippen LogP) is 2.61. The molecule has 132 valence electrons. The Bertz CT molecular complexity index is 906. The van der Waals surface area contributed by atoms with E-state index in [-0.39, 0.29) is 5.91 Å². The highest BCUT2D eigenvalue weighted by Crippen LogP contribution is 2.25. The highest BCUT2D eigenvalue weighted by molar-refractivity contribution is 5.91. The number of rotatable bonds is 6. The van der Waals surface area contributed by atoms with Gasteiger partial charge in [-0.05, 0) is 38.3 Å². The number of fused-ring (bicyclic) bond motifs is 1. The van der Waals surface area contributed by atoms with Gasteiger partial charge in [0.05, 0.1) is 13.0 Å². The lowest BCUT2D eigenvalue weighted by atomic mass is 10.0. The number of para-hydroxylation sites is 1. The second kappa shape index (κ2) is 7.09. The zero-order valence-corrected chi connectivity index (χ0v) is 15.3. The van der Waals surface area contributed by atoms with Crippen LogP contribution < -0.4 is 5.32 Å². The molecule has 2 aromatic heterocycles. The third-order valence-electron chi connectivity index (χ3n) is 4.57. The maximum absolute atomic E-state index is 12.4. The smallest absolute Gasteiger partial charge is 0.224 e. The number of nitrogens with one attached hydrogen (secondary N) is 2. The summed E-state index contributed by atoms with van der Waals surface area (Å²) in [4.78, 5) is 20.1. The van der Waals surface area contributed by atoms with Crippen molar-refractivity contribution in [2.45, 2.75) is 47.1 Å². The van der Waals surface area contributed by atoms with Gasteiger partial charge in [0.15, 0.2) is 0 Å². The van der Waals surface area contributed by atoms with Crippen molar-refractivity contribution in [1.29, 1.82) is 0 Å². The Hall–Kier alpha value is -2.63. The molecule has 6 heteroatoms. The average Bonchev–Trinajstić information content (AvgIpc) is 3.06. The molecule has 0 radical (unpaired) electrons. The molecule has 0 saturated carbocycles. The van der Waals surface area contributed by atoms with E-state index in [2.05, 4.69) is 45.5 Å². The average molecular weight is 339 g/mol. The highest BCUT2D eigenvalue weighted by atomic mass is 16.1. The number of carbonyl (C=O) groups excluding carboxylic acids is 1. The quantitative estimate of drug-likeness (QED) is 0.725. The maximum Gasteiger partial charge on any atom is 0.224 e. The van der Waals surface area contributed by atoms with Crippen molar-refractivity contribution in [1.82, 2.24) is 25.1 Å². The van der Waals surface area contributed by atoms with E-state index in [9.17, 15) is 4.79 Å². The molecule has 2 N–H and O–H groups in total. The van der Waals surface area contributed by atoms with Gasteiger partial charge in [-0.2, -0.15) is 5.10 Å². The summed E-state index contributed by atoms with van der Waals surface area (Å²) >= 11 is 0. The third-order valence-corrected chi connectivity index (χ3v) is 4.57. The SMILES string of the molecule is CCc1cccc2c(CC(=O)NCCn3nc(C)nc3C)c(C)[nH]c12. The second-order valence-corrected chi connectivity index (χ2v) is 6.38. The summed E-state index contributed by atoms with van der Waals surface area (Å²) in [5, 5.41) is 8.44. The van der Waals surface area contributed by atoms with Crippen LogP contribution in [0.15, 0.2) is 18.2 Å². The summed E-state index contributed by atoms with van der Waals surface area (Å²) in [6.45, 7) is 9.14. The van der Waals surface area contributed by atoms with Crippen LogP contribution >= 0.6 is 0 Å². The molecule has 3 rings (SSSR count).